The Kier molecular flexibility index (Phi) is 8.18. The van der Waals surface area contributed by atoms with Crippen molar-refractivity contribution >= 4 is 17.5 Å². The molecule has 2 aromatic carbocycles. The van der Waals surface area contributed by atoms with Gasteiger partial charge in [0, 0.05) is 44.1 Å². The van der Waals surface area contributed by atoms with Gasteiger partial charge in [-0.15, -0.1) is 0 Å². The maximum Gasteiger partial charge on any atom is 0.320 e. The highest BCUT2D eigenvalue weighted by molar-refractivity contribution is 5.91. The molecule has 13 heteroatoms. The minimum atomic E-state index is -0.649. The fraction of sp³-hybridized carbons (Fsp3) is 0.300. The van der Waals surface area contributed by atoms with Gasteiger partial charge in [-0.1, -0.05) is 18.2 Å². The third-order valence-electron chi connectivity index (χ3n) is 7.30. The summed E-state index contributed by atoms with van der Waals surface area (Å²) in [6.45, 7) is 3.96. The second kappa shape index (κ2) is 12.3. The number of benzene rings is 2. The Bertz CT molecular complexity index is 1620. The van der Waals surface area contributed by atoms with Gasteiger partial charge < -0.3 is 20.1 Å². The molecule has 4 heterocycles. The molecule has 0 spiro atoms. The van der Waals surface area contributed by atoms with Gasteiger partial charge in [0.05, 0.1) is 29.7 Å². The summed E-state index contributed by atoms with van der Waals surface area (Å²) < 4.78 is 41.2. The first-order valence-corrected chi connectivity index (χ1v) is 13.9. The lowest BCUT2D eigenvalue weighted by atomic mass is 10.0. The van der Waals surface area contributed by atoms with Crippen molar-refractivity contribution in [3.8, 4) is 22.7 Å². The van der Waals surface area contributed by atoms with E-state index in [2.05, 4.69) is 20.9 Å². The fourth-order valence-electron chi connectivity index (χ4n) is 5.27. The van der Waals surface area contributed by atoms with Gasteiger partial charge in [-0.2, -0.15) is 14.6 Å². The highest BCUT2D eigenvalue weighted by atomic mass is 19.1. The molecule has 4 aromatic rings. The standard InChI is InChI=1S/C30H31F2N7O4/c1-18-26(20-14-22(31)28-23(15-20)33-10-12-42-28)37-39(21-6-4-3-5-7-21)29(18)36-30(40)35-24-17-38(11-13-41-2)43-27(24)19-8-9-34-25(32)16-19/h3-9,14-16,24,27,33H,10-13,17H2,1-2H3,(H2,35,36,40)/t24-,27+/m1/s1. The predicted octanol–water partition coefficient (Wildman–Crippen LogP) is 4.45. The van der Waals surface area contributed by atoms with Gasteiger partial charge >= 0.3 is 6.03 Å². The van der Waals surface area contributed by atoms with Crippen LogP contribution in [0.2, 0.25) is 0 Å². The molecule has 43 heavy (non-hydrogen) atoms. The van der Waals surface area contributed by atoms with Gasteiger partial charge in [0.15, 0.2) is 11.6 Å². The maximum atomic E-state index is 15.0. The highest BCUT2D eigenvalue weighted by Gasteiger charge is 2.37. The quantitative estimate of drug-likeness (QED) is 0.258. The highest BCUT2D eigenvalue weighted by Crippen LogP contribution is 2.38. The smallest absolute Gasteiger partial charge is 0.320 e. The summed E-state index contributed by atoms with van der Waals surface area (Å²) in [7, 11) is 1.59. The average molecular weight is 592 g/mol. The fourth-order valence-corrected chi connectivity index (χ4v) is 5.27. The van der Waals surface area contributed by atoms with Crippen molar-refractivity contribution in [2.45, 2.75) is 19.1 Å². The van der Waals surface area contributed by atoms with Crippen LogP contribution in [0.4, 0.5) is 25.1 Å². The summed E-state index contributed by atoms with van der Waals surface area (Å²) >= 11 is 0. The van der Waals surface area contributed by atoms with Crippen molar-refractivity contribution in [3.63, 3.8) is 0 Å². The molecule has 2 aliphatic rings. The van der Waals surface area contributed by atoms with E-state index < -0.39 is 29.9 Å². The summed E-state index contributed by atoms with van der Waals surface area (Å²) in [5, 5.41) is 15.6. The second-order valence-electron chi connectivity index (χ2n) is 10.2. The lowest BCUT2D eigenvalue weighted by Crippen LogP contribution is -2.42. The van der Waals surface area contributed by atoms with Crippen molar-refractivity contribution in [1.82, 2.24) is 25.1 Å². The third kappa shape index (κ3) is 6.00. The molecule has 1 saturated heterocycles. The Morgan fingerprint density at radius 2 is 2.02 bits per heavy atom. The number of urea groups is 1. The second-order valence-corrected chi connectivity index (χ2v) is 10.2. The molecule has 0 radical (unpaired) electrons. The number of carbonyl (C=O) groups is 1. The van der Waals surface area contributed by atoms with Crippen LogP contribution in [0.1, 0.15) is 17.2 Å². The zero-order valence-corrected chi connectivity index (χ0v) is 23.6. The van der Waals surface area contributed by atoms with Crippen LogP contribution in [0.25, 0.3) is 16.9 Å². The molecular weight excluding hydrogens is 560 g/mol. The number of methoxy groups -OCH3 is 1. The number of amides is 2. The van der Waals surface area contributed by atoms with Crippen LogP contribution >= 0.6 is 0 Å². The van der Waals surface area contributed by atoms with Crippen LogP contribution in [0, 0.1) is 18.7 Å². The number of ether oxygens (including phenoxy) is 2. The lowest BCUT2D eigenvalue weighted by Gasteiger charge is -2.20. The largest absolute Gasteiger partial charge is 0.486 e. The molecule has 3 N–H and O–H groups in total. The molecule has 1 fully saturated rings. The first kappa shape index (κ1) is 28.5. The number of hydroxylamine groups is 2. The van der Waals surface area contributed by atoms with E-state index in [1.807, 2.05) is 37.3 Å². The minimum absolute atomic E-state index is 0.176. The molecule has 6 rings (SSSR count). The number of hydrogen-bond donors (Lipinski definition) is 3. The van der Waals surface area contributed by atoms with Crippen LogP contribution in [-0.4, -0.2) is 71.9 Å². The maximum absolute atomic E-state index is 15.0. The molecule has 0 unspecified atom stereocenters. The van der Waals surface area contributed by atoms with Gasteiger partial charge in [0.25, 0.3) is 0 Å². The predicted molar refractivity (Wildman–Crippen MR) is 155 cm³/mol. The number of anilines is 2. The number of rotatable bonds is 8. The minimum Gasteiger partial charge on any atom is -0.486 e. The van der Waals surface area contributed by atoms with E-state index in [0.717, 1.165) is 0 Å². The number of carbonyl (C=O) groups excluding carboxylic acids is 1. The van der Waals surface area contributed by atoms with E-state index in [4.69, 9.17) is 19.4 Å². The molecule has 0 aliphatic carbocycles. The summed E-state index contributed by atoms with van der Waals surface area (Å²) in [5.41, 5.74) is 3.44. The molecule has 11 nitrogen and oxygen atoms in total. The summed E-state index contributed by atoms with van der Waals surface area (Å²) in [5.74, 6) is -0.564. The van der Waals surface area contributed by atoms with Gasteiger partial charge in [0.1, 0.15) is 18.5 Å². The number of para-hydroxylation sites is 1. The molecule has 0 saturated carbocycles. The third-order valence-corrected chi connectivity index (χ3v) is 7.30. The van der Waals surface area contributed by atoms with Crippen LogP contribution in [0.3, 0.4) is 0 Å². The number of hydrogen-bond acceptors (Lipinski definition) is 8. The Morgan fingerprint density at radius 1 is 1.19 bits per heavy atom. The zero-order chi connectivity index (χ0) is 29.9. The van der Waals surface area contributed by atoms with Crippen LogP contribution in [0.15, 0.2) is 60.8 Å². The molecule has 2 amide bonds. The van der Waals surface area contributed by atoms with E-state index >= 15 is 0 Å². The van der Waals surface area contributed by atoms with Gasteiger partial charge in [-0.05, 0) is 48.9 Å². The van der Waals surface area contributed by atoms with Crippen molar-refractivity contribution in [3.05, 3.63) is 83.7 Å². The Balaban J connectivity index is 1.30. The number of nitrogens with one attached hydrogen (secondary N) is 3. The van der Waals surface area contributed by atoms with Crippen LogP contribution < -0.4 is 20.7 Å². The van der Waals surface area contributed by atoms with Crippen LogP contribution in [0.5, 0.6) is 5.75 Å². The zero-order valence-electron chi connectivity index (χ0n) is 23.6. The van der Waals surface area contributed by atoms with Gasteiger partial charge in [-0.3, -0.25) is 10.2 Å². The monoisotopic (exact) mass is 591 g/mol. The first-order valence-electron chi connectivity index (χ1n) is 13.9. The lowest BCUT2D eigenvalue weighted by molar-refractivity contribution is -0.154. The molecular formula is C30H31F2N7O4. The summed E-state index contributed by atoms with van der Waals surface area (Å²) in [6, 6.07) is 14.4. The van der Waals surface area contributed by atoms with E-state index in [9.17, 15) is 13.6 Å². The molecule has 2 aliphatic heterocycles. The number of halogens is 2. The first-order chi connectivity index (χ1) is 20.9. The van der Waals surface area contributed by atoms with Crippen molar-refractivity contribution in [2.24, 2.45) is 0 Å². The SMILES string of the molecule is COCCN1C[C@@H](NC(=O)Nc2c(C)c(-c3cc(F)c4c(c3)NCCO4)nn2-c2ccccc2)[C@H](c2ccnc(F)c2)O1. The summed E-state index contributed by atoms with van der Waals surface area (Å²) in [6.07, 6.45) is 0.710. The Morgan fingerprint density at radius 3 is 2.81 bits per heavy atom. The van der Waals surface area contributed by atoms with Crippen LogP contribution in [-0.2, 0) is 9.57 Å². The van der Waals surface area contributed by atoms with E-state index in [0.29, 0.717) is 72.4 Å². The number of pyridine rings is 1. The van der Waals surface area contributed by atoms with Crippen molar-refractivity contribution in [1.29, 1.82) is 0 Å². The normalized spacial score (nSPS) is 18.0. The van der Waals surface area contributed by atoms with Crippen molar-refractivity contribution in [2.75, 3.05) is 50.6 Å². The van der Waals surface area contributed by atoms with E-state index in [-0.39, 0.29) is 5.75 Å². The van der Waals surface area contributed by atoms with Gasteiger partial charge in [0.2, 0.25) is 5.95 Å². The molecule has 0 bridgehead atoms. The Hall–Kier alpha value is -4.59. The number of aromatic nitrogens is 3. The number of fused-ring (bicyclic) bond motifs is 1. The molecule has 2 atom stereocenters. The Labute approximate surface area is 246 Å². The van der Waals surface area contributed by atoms with Gasteiger partial charge in [-0.25, -0.2) is 18.9 Å². The molecule has 2 aromatic heterocycles. The van der Waals surface area contributed by atoms with E-state index in [1.165, 1.54) is 18.3 Å². The van der Waals surface area contributed by atoms with E-state index in [1.54, 1.807) is 29.0 Å². The average Bonchev–Trinajstić information content (AvgIpc) is 3.56. The molecule has 224 valence electrons. The topological polar surface area (TPSA) is 115 Å². The number of nitrogens with zero attached hydrogens (tertiary/aromatic N) is 4. The summed E-state index contributed by atoms with van der Waals surface area (Å²) in [4.78, 5) is 23.2. The van der Waals surface area contributed by atoms with Crippen molar-refractivity contribution < 1.29 is 27.9 Å².